The second-order valence-corrected chi connectivity index (χ2v) is 10.6. The van der Waals surface area contributed by atoms with Crippen molar-refractivity contribution < 1.29 is 29.0 Å². The van der Waals surface area contributed by atoms with Gasteiger partial charge in [0.25, 0.3) is 5.91 Å². The Hall–Kier alpha value is -5.00. The van der Waals surface area contributed by atoms with Gasteiger partial charge in [0.05, 0.1) is 23.7 Å². The highest BCUT2D eigenvalue weighted by Gasteiger charge is 2.36. The van der Waals surface area contributed by atoms with Gasteiger partial charge in [0.2, 0.25) is 17.7 Å². The van der Waals surface area contributed by atoms with Crippen molar-refractivity contribution in [2.75, 3.05) is 19.7 Å². The minimum absolute atomic E-state index is 0.0889. The van der Waals surface area contributed by atoms with Gasteiger partial charge in [0, 0.05) is 44.5 Å². The molecule has 0 bridgehead atoms. The number of fused-ring (bicyclic) bond motifs is 2. The Morgan fingerprint density at radius 3 is 2.67 bits per heavy atom. The topological polar surface area (TPSA) is 163 Å². The van der Waals surface area contributed by atoms with E-state index in [0.29, 0.717) is 24.4 Å². The first kappa shape index (κ1) is 29.5. The Balaban J connectivity index is 1.40. The number of aromatic nitrogens is 2. The molecule has 0 radical (unpaired) electrons. The van der Waals surface area contributed by atoms with E-state index < -0.39 is 36.2 Å². The van der Waals surface area contributed by atoms with Gasteiger partial charge in [-0.05, 0) is 42.7 Å². The fourth-order valence-electron chi connectivity index (χ4n) is 5.31. The summed E-state index contributed by atoms with van der Waals surface area (Å²) in [5.41, 5.74) is 1.64. The summed E-state index contributed by atoms with van der Waals surface area (Å²) in [6.07, 6.45) is 6.39. The minimum atomic E-state index is -1.23. The molecule has 5 rings (SSSR count). The van der Waals surface area contributed by atoms with Crippen molar-refractivity contribution in [1.82, 2.24) is 30.8 Å². The SMILES string of the molecule is O=C1C[C@@H](C(=O)NCCc2cnccn2)NC(=O)c2ccccc2OC[C@H]2CCCN2C(=O)[C@H](Cc2ccc(O)cc2)N1. The van der Waals surface area contributed by atoms with Gasteiger partial charge in [-0.15, -0.1) is 0 Å². The number of phenols is 1. The number of ether oxygens (including phenoxy) is 1. The van der Waals surface area contributed by atoms with E-state index in [-0.39, 0.29) is 42.8 Å². The van der Waals surface area contributed by atoms with E-state index in [1.165, 1.54) is 12.1 Å². The third-order valence-corrected chi connectivity index (χ3v) is 7.54. The molecular formula is C31H34N6O6. The van der Waals surface area contributed by atoms with Gasteiger partial charge < -0.3 is 30.7 Å². The summed E-state index contributed by atoms with van der Waals surface area (Å²) in [6.45, 7) is 0.888. The molecule has 1 aromatic heterocycles. The molecule has 0 saturated carbocycles. The van der Waals surface area contributed by atoms with E-state index in [0.717, 1.165) is 18.4 Å². The van der Waals surface area contributed by atoms with Crippen molar-refractivity contribution >= 4 is 23.6 Å². The molecule has 1 saturated heterocycles. The molecule has 12 nitrogen and oxygen atoms in total. The molecule has 224 valence electrons. The highest BCUT2D eigenvalue weighted by molar-refractivity contribution is 6.01. The molecule has 4 amide bonds. The Kier molecular flexibility index (Phi) is 9.45. The summed E-state index contributed by atoms with van der Waals surface area (Å²) in [5.74, 6) is -1.53. The summed E-state index contributed by atoms with van der Waals surface area (Å²) in [5, 5.41) is 18.0. The number of para-hydroxylation sites is 1. The van der Waals surface area contributed by atoms with Crippen LogP contribution in [0.15, 0.2) is 67.1 Å². The van der Waals surface area contributed by atoms with Gasteiger partial charge >= 0.3 is 0 Å². The number of nitrogens with one attached hydrogen (secondary N) is 3. The van der Waals surface area contributed by atoms with E-state index in [4.69, 9.17) is 4.74 Å². The highest BCUT2D eigenvalue weighted by Crippen LogP contribution is 2.24. The summed E-state index contributed by atoms with van der Waals surface area (Å²) < 4.78 is 6.08. The average molecular weight is 587 g/mol. The van der Waals surface area contributed by atoms with Crippen LogP contribution in [0.2, 0.25) is 0 Å². The molecule has 0 spiro atoms. The zero-order valence-corrected chi connectivity index (χ0v) is 23.6. The van der Waals surface area contributed by atoms with E-state index in [9.17, 15) is 24.3 Å². The predicted molar refractivity (Wildman–Crippen MR) is 155 cm³/mol. The number of nitrogens with zero attached hydrogens (tertiary/aromatic N) is 3. The van der Waals surface area contributed by atoms with Crippen molar-refractivity contribution in [3.8, 4) is 11.5 Å². The molecular weight excluding hydrogens is 552 g/mol. The zero-order chi connectivity index (χ0) is 30.2. The first-order chi connectivity index (χ1) is 20.9. The largest absolute Gasteiger partial charge is 0.508 e. The smallest absolute Gasteiger partial charge is 0.255 e. The second kappa shape index (κ2) is 13.8. The maximum Gasteiger partial charge on any atom is 0.255 e. The van der Waals surface area contributed by atoms with Gasteiger partial charge in [-0.3, -0.25) is 29.1 Å². The van der Waals surface area contributed by atoms with Crippen molar-refractivity contribution in [2.45, 2.75) is 50.2 Å². The van der Waals surface area contributed by atoms with Gasteiger partial charge in [-0.1, -0.05) is 24.3 Å². The number of carbonyl (C=O) groups excluding carboxylic acids is 4. The van der Waals surface area contributed by atoms with Crippen molar-refractivity contribution in [3.05, 3.63) is 83.9 Å². The molecule has 3 heterocycles. The van der Waals surface area contributed by atoms with Gasteiger partial charge in [0.1, 0.15) is 30.2 Å². The standard InChI is InChI=1S/C31H34N6O6/c38-23-9-7-20(8-10-23)16-26-31(42)37-15-3-4-22(37)19-43-27-6-2-1-5-24(27)29(40)36-25(17-28(39)35-26)30(41)34-12-11-21-18-32-13-14-33-21/h1-2,5-10,13-14,18,22,25-26,38H,3-4,11-12,15-17,19H2,(H,34,41)(H,35,39)(H,36,40)/t22-,25+,26+/m1/s1. The van der Waals surface area contributed by atoms with Crippen LogP contribution in [-0.2, 0) is 27.2 Å². The van der Waals surface area contributed by atoms with Crippen LogP contribution >= 0.6 is 0 Å². The Morgan fingerprint density at radius 2 is 1.88 bits per heavy atom. The summed E-state index contributed by atoms with van der Waals surface area (Å²) in [7, 11) is 0. The first-order valence-corrected chi connectivity index (χ1v) is 14.3. The number of hydrogen-bond donors (Lipinski definition) is 4. The van der Waals surface area contributed by atoms with Crippen molar-refractivity contribution in [1.29, 1.82) is 0 Å². The normalized spacial score (nSPS) is 21.0. The highest BCUT2D eigenvalue weighted by atomic mass is 16.5. The fourth-order valence-corrected chi connectivity index (χ4v) is 5.31. The first-order valence-electron chi connectivity index (χ1n) is 14.3. The maximum absolute atomic E-state index is 13.8. The molecule has 2 aromatic carbocycles. The summed E-state index contributed by atoms with van der Waals surface area (Å²) in [6, 6.07) is 10.7. The quantitative estimate of drug-likeness (QED) is 0.334. The number of phenolic OH excluding ortho intramolecular Hbond substituents is 1. The number of rotatable bonds is 6. The lowest BCUT2D eigenvalue weighted by molar-refractivity contribution is -0.138. The lowest BCUT2D eigenvalue weighted by Gasteiger charge is -2.30. The molecule has 43 heavy (non-hydrogen) atoms. The minimum Gasteiger partial charge on any atom is -0.508 e. The zero-order valence-electron chi connectivity index (χ0n) is 23.6. The van der Waals surface area contributed by atoms with E-state index >= 15 is 0 Å². The number of benzene rings is 2. The monoisotopic (exact) mass is 586 g/mol. The summed E-state index contributed by atoms with van der Waals surface area (Å²) >= 11 is 0. The van der Waals surface area contributed by atoms with Crippen LogP contribution < -0.4 is 20.7 Å². The van der Waals surface area contributed by atoms with Crippen LogP contribution in [-0.4, -0.2) is 81.4 Å². The van der Waals surface area contributed by atoms with Crippen LogP contribution in [0.3, 0.4) is 0 Å². The summed E-state index contributed by atoms with van der Waals surface area (Å²) in [4.78, 5) is 63.9. The lowest BCUT2D eigenvalue weighted by Crippen LogP contribution is -2.54. The molecule has 4 N–H and O–H groups in total. The van der Waals surface area contributed by atoms with Gasteiger partial charge in [-0.2, -0.15) is 0 Å². The molecule has 2 aliphatic heterocycles. The van der Waals surface area contributed by atoms with Crippen LogP contribution in [0.1, 0.15) is 40.9 Å². The van der Waals surface area contributed by atoms with E-state index in [1.807, 2.05) is 0 Å². The number of aromatic hydroxyl groups is 1. The predicted octanol–water partition coefficient (Wildman–Crippen LogP) is 1.14. The average Bonchev–Trinajstić information content (AvgIpc) is 3.49. The molecule has 2 aliphatic rings. The Morgan fingerprint density at radius 1 is 1.07 bits per heavy atom. The van der Waals surface area contributed by atoms with E-state index in [1.54, 1.807) is 59.9 Å². The molecule has 3 aromatic rings. The second-order valence-electron chi connectivity index (χ2n) is 10.6. The lowest BCUT2D eigenvalue weighted by atomic mass is 10.0. The van der Waals surface area contributed by atoms with Gasteiger partial charge in [-0.25, -0.2) is 0 Å². The third-order valence-electron chi connectivity index (χ3n) is 7.54. The molecule has 0 unspecified atom stereocenters. The van der Waals surface area contributed by atoms with E-state index in [2.05, 4.69) is 25.9 Å². The molecule has 3 atom stereocenters. The van der Waals surface area contributed by atoms with Crippen LogP contribution in [0.4, 0.5) is 0 Å². The third kappa shape index (κ3) is 7.64. The molecule has 0 aliphatic carbocycles. The Bertz CT molecular complexity index is 1450. The van der Waals surface area contributed by atoms with Crippen LogP contribution in [0.5, 0.6) is 11.5 Å². The number of carbonyl (C=O) groups is 4. The van der Waals surface area contributed by atoms with Crippen LogP contribution in [0.25, 0.3) is 0 Å². The number of amides is 4. The van der Waals surface area contributed by atoms with Crippen molar-refractivity contribution in [2.24, 2.45) is 0 Å². The molecule has 12 heteroatoms. The Labute approximate surface area is 248 Å². The maximum atomic E-state index is 13.8. The van der Waals surface area contributed by atoms with Crippen molar-refractivity contribution in [3.63, 3.8) is 0 Å². The van der Waals surface area contributed by atoms with Crippen LogP contribution in [0, 0.1) is 0 Å². The number of hydrogen-bond acceptors (Lipinski definition) is 8. The fraction of sp³-hybridized carbons (Fsp3) is 0.355. The van der Waals surface area contributed by atoms with Gasteiger partial charge in [0.15, 0.2) is 0 Å². The molecule has 1 fully saturated rings.